The van der Waals surface area contributed by atoms with Gasteiger partial charge in [-0.25, -0.2) is 4.79 Å². The number of nitrogens with zero attached hydrogens (tertiary/aromatic N) is 2. The molecular formula is C23H35N3O3. The van der Waals surface area contributed by atoms with Crippen molar-refractivity contribution in [2.75, 3.05) is 26.2 Å². The van der Waals surface area contributed by atoms with E-state index in [0.717, 1.165) is 18.4 Å². The van der Waals surface area contributed by atoms with Gasteiger partial charge in [0.15, 0.2) is 0 Å². The summed E-state index contributed by atoms with van der Waals surface area (Å²) in [5.41, 5.74) is 0.507. The van der Waals surface area contributed by atoms with Crippen LogP contribution in [-0.2, 0) is 9.53 Å². The Morgan fingerprint density at radius 1 is 1.00 bits per heavy atom. The first-order valence-corrected chi connectivity index (χ1v) is 10.9. The summed E-state index contributed by atoms with van der Waals surface area (Å²) in [6.07, 6.45) is 5.51. The van der Waals surface area contributed by atoms with Crippen LogP contribution in [0.15, 0.2) is 30.3 Å². The van der Waals surface area contributed by atoms with E-state index in [1.165, 1.54) is 19.3 Å². The van der Waals surface area contributed by atoms with Gasteiger partial charge in [-0.15, -0.1) is 0 Å². The summed E-state index contributed by atoms with van der Waals surface area (Å²) in [7, 11) is 0. The van der Waals surface area contributed by atoms with Gasteiger partial charge in [0.1, 0.15) is 11.6 Å². The Bertz CT molecular complexity index is 672. The summed E-state index contributed by atoms with van der Waals surface area (Å²) in [6, 6.07) is 9.93. The van der Waals surface area contributed by atoms with Crippen molar-refractivity contribution in [3.8, 4) is 0 Å². The molecule has 1 heterocycles. The number of carbonyl (C=O) groups excluding carboxylic acids is 2. The molecule has 1 unspecified atom stereocenters. The van der Waals surface area contributed by atoms with Gasteiger partial charge in [0.2, 0.25) is 5.91 Å². The zero-order valence-corrected chi connectivity index (χ0v) is 18.0. The summed E-state index contributed by atoms with van der Waals surface area (Å²) < 4.78 is 5.49. The molecule has 2 aliphatic rings. The molecule has 1 aliphatic carbocycles. The van der Waals surface area contributed by atoms with E-state index < -0.39 is 5.60 Å². The average molecular weight is 402 g/mol. The monoisotopic (exact) mass is 401 g/mol. The third-order valence-electron chi connectivity index (χ3n) is 5.65. The third-order valence-corrected chi connectivity index (χ3v) is 5.65. The van der Waals surface area contributed by atoms with Crippen LogP contribution < -0.4 is 5.32 Å². The molecule has 1 N–H and O–H groups in total. The van der Waals surface area contributed by atoms with Gasteiger partial charge >= 0.3 is 6.09 Å². The van der Waals surface area contributed by atoms with E-state index in [0.29, 0.717) is 26.2 Å². The number of carbonyl (C=O) groups is 2. The molecule has 160 valence electrons. The lowest BCUT2D eigenvalue weighted by molar-refractivity contribution is -0.128. The van der Waals surface area contributed by atoms with Crippen LogP contribution in [0.3, 0.4) is 0 Å². The molecule has 0 aromatic heterocycles. The summed E-state index contributed by atoms with van der Waals surface area (Å²) in [5, 5.41) is 3.29. The Labute approximate surface area is 174 Å². The van der Waals surface area contributed by atoms with Crippen LogP contribution in [0.2, 0.25) is 0 Å². The smallest absolute Gasteiger partial charge is 0.410 e. The number of rotatable bonds is 4. The predicted octanol–water partition coefficient (Wildman–Crippen LogP) is 3.73. The lowest BCUT2D eigenvalue weighted by Gasteiger charge is -2.39. The summed E-state index contributed by atoms with van der Waals surface area (Å²) >= 11 is 0. The Morgan fingerprint density at radius 3 is 2.21 bits per heavy atom. The number of ether oxygens (including phenoxy) is 1. The van der Waals surface area contributed by atoms with Gasteiger partial charge in [0, 0.05) is 32.2 Å². The molecule has 0 spiro atoms. The second-order valence-corrected chi connectivity index (χ2v) is 9.16. The van der Waals surface area contributed by atoms with Crippen molar-refractivity contribution in [2.24, 2.45) is 0 Å². The molecule has 0 bridgehead atoms. The van der Waals surface area contributed by atoms with Gasteiger partial charge in [-0.2, -0.15) is 0 Å². The minimum Gasteiger partial charge on any atom is -0.444 e. The molecule has 6 nitrogen and oxygen atoms in total. The van der Waals surface area contributed by atoms with Crippen LogP contribution in [0.4, 0.5) is 4.79 Å². The second-order valence-electron chi connectivity index (χ2n) is 9.16. The first-order valence-electron chi connectivity index (χ1n) is 10.9. The van der Waals surface area contributed by atoms with Gasteiger partial charge in [0.25, 0.3) is 0 Å². The molecule has 1 aromatic rings. The lowest BCUT2D eigenvalue weighted by atomic mass is 9.94. The van der Waals surface area contributed by atoms with Crippen LogP contribution in [-0.4, -0.2) is 59.6 Å². The van der Waals surface area contributed by atoms with Gasteiger partial charge in [-0.05, 0) is 39.2 Å². The van der Waals surface area contributed by atoms with E-state index in [1.807, 2.05) is 51.1 Å². The van der Waals surface area contributed by atoms with Gasteiger partial charge in [-0.3, -0.25) is 9.69 Å². The van der Waals surface area contributed by atoms with E-state index in [4.69, 9.17) is 4.74 Å². The largest absolute Gasteiger partial charge is 0.444 e. The fraction of sp³-hybridized carbons (Fsp3) is 0.652. The van der Waals surface area contributed by atoms with Crippen molar-refractivity contribution in [1.29, 1.82) is 0 Å². The number of nitrogens with one attached hydrogen (secondary N) is 1. The average Bonchev–Trinajstić information content (AvgIpc) is 2.69. The molecule has 29 heavy (non-hydrogen) atoms. The minimum atomic E-state index is -0.499. The minimum absolute atomic E-state index is 0.0776. The van der Waals surface area contributed by atoms with E-state index >= 15 is 0 Å². The van der Waals surface area contributed by atoms with Gasteiger partial charge < -0.3 is 15.0 Å². The number of piperazine rings is 1. The zero-order chi connectivity index (χ0) is 20.9. The number of hydrogen-bond donors (Lipinski definition) is 1. The maximum absolute atomic E-state index is 13.3. The highest BCUT2D eigenvalue weighted by molar-refractivity contribution is 5.83. The quantitative estimate of drug-likeness (QED) is 0.835. The Hall–Kier alpha value is -2.08. The first-order chi connectivity index (χ1) is 13.8. The molecule has 2 fully saturated rings. The van der Waals surface area contributed by atoms with Crippen molar-refractivity contribution >= 4 is 12.0 Å². The molecule has 2 amide bonds. The number of hydrogen-bond acceptors (Lipinski definition) is 4. The molecule has 0 radical (unpaired) electrons. The fourth-order valence-electron chi connectivity index (χ4n) is 4.18. The molecule has 1 atom stereocenters. The predicted molar refractivity (Wildman–Crippen MR) is 114 cm³/mol. The van der Waals surface area contributed by atoms with Crippen molar-refractivity contribution in [3.05, 3.63) is 35.9 Å². The highest BCUT2D eigenvalue weighted by Crippen LogP contribution is 2.25. The number of benzene rings is 1. The molecule has 6 heteroatoms. The topological polar surface area (TPSA) is 61.9 Å². The van der Waals surface area contributed by atoms with Crippen LogP contribution >= 0.6 is 0 Å². The molecule has 1 aliphatic heterocycles. The highest BCUT2D eigenvalue weighted by atomic mass is 16.6. The van der Waals surface area contributed by atoms with Gasteiger partial charge in [-0.1, -0.05) is 49.6 Å². The standard InChI is InChI=1S/C23H35N3O3/c1-23(2,3)29-22(28)26-16-14-25(15-17-26)20(18-10-6-4-7-11-18)21(27)24-19-12-8-5-9-13-19/h4,6-7,10-11,19-20H,5,8-9,12-17H2,1-3H3,(H,24,27). The molecular weight excluding hydrogens is 366 g/mol. The van der Waals surface area contributed by atoms with Crippen molar-refractivity contribution in [3.63, 3.8) is 0 Å². The maximum atomic E-state index is 13.3. The Morgan fingerprint density at radius 2 is 1.62 bits per heavy atom. The molecule has 1 saturated heterocycles. The van der Waals surface area contributed by atoms with Crippen LogP contribution in [0, 0.1) is 0 Å². The summed E-state index contributed by atoms with van der Waals surface area (Å²) in [5.74, 6) is 0.0776. The highest BCUT2D eigenvalue weighted by Gasteiger charge is 2.33. The first kappa shape index (κ1) is 21.6. The zero-order valence-electron chi connectivity index (χ0n) is 18.0. The molecule has 1 aromatic carbocycles. The van der Waals surface area contributed by atoms with Crippen LogP contribution in [0.5, 0.6) is 0 Å². The van der Waals surface area contributed by atoms with E-state index in [1.54, 1.807) is 4.90 Å². The fourth-order valence-corrected chi connectivity index (χ4v) is 4.18. The summed E-state index contributed by atoms with van der Waals surface area (Å²) in [4.78, 5) is 29.5. The third kappa shape index (κ3) is 6.20. The second kappa shape index (κ2) is 9.61. The molecule has 1 saturated carbocycles. The Kier molecular flexibility index (Phi) is 7.17. The number of amides is 2. The summed E-state index contributed by atoms with van der Waals surface area (Å²) in [6.45, 7) is 8.06. The molecule has 3 rings (SSSR count). The van der Waals surface area contributed by atoms with Crippen LogP contribution in [0.1, 0.15) is 64.5 Å². The lowest BCUT2D eigenvalue weighted by Crippen LogP contribution is -2.54. The SMILES string of the molecule is CC(C)(C)OC(=O)N1CCN(C(C(=O)NC2CCCCC2)c2ccccc2)CC1. The maximum Gasteiger partial charge on any atom is 0.410 e. The van der Waals surface area contributed by atoms with Crippen molar-refractivity contribution in [2.45, 2.75) is 70.6 Å². The Balaban J connectivity index is 1.66. The van der Waals surface area contributed by atoms with Crippen LogP contribution in [0.25, 0.3) is 0 Å². The van der Waals surface area contributed by atoms with Gasteiger partial charge in [0.05, 0.1) is 0 Å². The van der Waals surface area contributed by atoms with E-state index in [-0.39, 0.29) is 24.1 Å². The van der Waals surface area contributed by atoms with E-state index in [9.17, 15) is 9.59 Å². The van der Waals surface area contributed by atoms with Crippen molar-refractivity contribution < 1.29 is 14.3 Å². The van der Waals surface area contributed by atoms with E-state index in [2.05, 4.69) is 10.2 Å². The van der Waals surface area contributed by atoms with Crippen molar-refractivity contribution in [1.82, 2.24) is 15.1 Å². The normalized spacial score (nSPS) is 20.2.